The van der Waals surface area contributed by atoms with E-state index < -0.39 is 23.8 Å². The number of alkyl halides is 3. The second-order valence-corrected chi connectivity index (χ2v) is 10.2. The summed E-state index contributed by atoms with van der Waals surface area (Å²) in [5, 5.41) is 13.4. The van der Waals surface area contributed by atoms with Gasteiger partial charge in [-0.15, -0.1) is 0 Å². The first-order valence-corrected chi connectivity index (χ1v) is 13.6. The second kappa shape index (κ2) is 15.0. The van der Waals surface area contributed by atoms with Crippen molar-refractivity contribution in [1.82, 2.24) is 20.2 Å². The maximum absolute atomic E-state index is 14.0. The maximum Gasteiger partial charge on any atom is 0.490 e. The van der Waals surface area contributed by atoms with E-state index in [4.69, 9.17) is 29.3 Å². The van der Waals surface area contributed by atoms with Crippen LogP contribution >= 0.6 is 0 Å². The van der Waals surface area contributed by atoms with Gasteiger partial charge in [0.1, 0.15) is 11.9 Å². The number of anilines is 2. The fourth-order valence-electron chi connectivity index (χ4n) is 4.39. The number of carboxylic acid groups (broad SMARTS) is 1. The standard InChI is InChI=1S/C25H34F2N6O3.C2HF3O2/c1-16(2)29-23-24(31-21-15-33(12-8-20(21)30-23)25(34)28-9-13-35-3)32-10-6-18(7-11-32)36-22-5-4-17(26)14-19(22)27;3-2(4,5)1(6)7/h4-5,14,16,18H,6-13,15H2,1-3H3,(H,28,34)(H,29,30);(H,6,7). The molecule has 11 nitrogen and oxygen atoms in total. The van der Waals surface area contributed by atoms with Crippen molar-refractivity contribution >= 4 is 23.6 Å². The zero-order chi connectivity index (χ0) is 31.7. The van der Waals surface area contributed by atoms with E-state index in [0.29, 0.717) is 58.6 Å². The highest BCUT2D eigenvalue weighted by atomic mass is 19.4. The molecule has 1 fully saturated rings. The number of nitrogens with zero attached hydrogens (tertiary/aromatic N) is 4. The first kappa shape index (κ1) is 33.6. The van der Waals surface area contributed by atoms with Crippen LogP contribution in [0, 0.1) is 11.6 Å². The van der Waals surface area contributed by atoms with Gasteiger partial charge in [0, 0.05) is 64.7 Å². The van der Waals surface area contributed by atoms with E-state index in [1.807, 2.05) is 13.8 Å². The van der Waals surface area contributed by atoms with Crippen molar-refractivity contribution in [2.24, 2.45) is 0 Å². The van der Waals surface area contributed by atoms with E-state index >= 15 is 0 Å². The Kier molecular flexibility index (Phi) is 11.7. The van der Waals surface area contributed by atoms with E-state index in [-0.39, 0.29) is 23.9 Å². The van der Waals surface area contributed by atoms with Crippen LogP contribution in [0.1, 0.15) is 38.1 Å². The van der Waals surface area contributed by atoms with Crippen LogP contribution in [0.2, 0.25) is 0 Å². The first-order chi connectivity index (χ1) is 20.3. The molecule has 0 atom stereocenters. The third kappa shape index (κ3) is 9.80. The Bertz CT molecular complexity index is 1260. The van der Waals surface area contributed by atoms with Gasteiger partial charge in [0.2, 0.25) is 0 Å². The van der Waals surface area contributed by atoms with Crippen LogP contribution in [0.3, 0.4) is 0 Å². The Morgan fingerprint density at radius 2 is 1.79 bits per heavy atom. The molecule has 3 heterocycles. The molecule has 0 bridgehead atoms. The number of carboxylic acids is 1. The maximum atomic E-state index is 14.0. The fraction of sp³-hybridized carbons (Fsp3) is 0.556. The lowest BCUT2D eigenvalue weighted by atomic mass is 10.1. The predicted octanol–water partition coefficient (Wildman–Crippen LogP) is 3.97. The Morgan fingerprint density at radius 1 is 1.12 bits per heavy atom. The number of hydrogen-bond acceptors (Lipinski definition) is 8. The number of urea groups is 1. The van der Waals surface area contributed by atoms with Crippen LogP contribution in [-0.2, 0) is 22.5 Å². The minimum atomic E-state index is -5.08. The van der Waals surface area contributed by atoms with Crippen molar-refractivity contribution in [2.75, 3.05) is 50.1 Å². The molecule has 2 amide bonds. The molecule has 0 saturated carbocycles. The zero-order valence-electron chi connectivity index (χ0n) is 24.0. The van der Waals surface area contributed by atoms with Crippen LogP contribution in [0.15, 0.2) is 18.2 Å². The molecule has 0 radical (unpaired) electrons. The van der Waals surface area contributed by atoms with E-state index in [1.54, 1.807) is 12.0 Å². The minimum Gasteiger partial charge on any atom is -0.487 e. The average Bonchev–Trinajstić information content (AvgIpc) is 2.94. The summed E-state index contributed by atoms with van der Waals surface area (Å²) in [6.07, 6.45) is -3.32. The van der Waals surface area contributed by atoms with E-state index in [0.717, 1.165) is 29.1 Å². The summed E-state index contributed by atoms with van der Waals surface area (Å²) in [5.74, 6) is -2.54. The molecule has 1 aromatic heterocycles. The molecule has 2 aromatic rings. The first-order valence-electron chi connectivity index (χ1n) is 13.6. The SMILES string of the molecule is COCCNC(=O)N1CCc2nc(NC(C)C)c(N3CCC(Oc4ccc(F)cc4F)CC3)nc2C1.O=C(O)C(F)(F)F. The smallest absolute Gasteiger partial charge is 0.487 e. The second-order valence-electron chi connectivity index (χ2n) is 10.2. The van der Waals surface area contributed by atoms with E-state index in [9.17, 15) is 26.7 Å². The molecule has 3 N–H and O–H groups in total. The molecule has 43 heavy (non-hydrogen) atoms. The van der Waals surface area contributed by atoms with Gasteiger partial charge in [-0.3, -0.25) is 0 Å². The fourth-order valence-corrected chi connectivity index (χ4v) is 4.39. The number of amides is 2. The van der Waals surface area contributed by atoms with Crippen molar-refractivity contribution in [3.8, 4) is 5.75 Å². The topological polar surface area (TPSA) is 129 Å². The number of hydrogen-bond donors (Lipinski definition) is 3. The monoisotopic (exact) mass is 618 g/mol. The summed E-state index contributed by atoms with van der Waals surface area (Å²) in [7, 11) is 1.60. The zero-order valence-corrected chi connectivity index (χ0v) is 24.0. The Balaban J connectivity index is 0.000000646. The number of fused-ring (bicyclic) bond motifs is 1. The van der Waals surface area contributed by atoms with Gasteiger partial charge >= 0.3 is 18.2 Å². The molecular formula is C27H35F5N6O5. The lowest BCUT2D eigenvalue weighted by molar-refractivity contribution is -0.192. The quantitative estimate of drug-likeness (QED) is 0.297. The lowest BCUT2D eigenvalue weighted by Crippen LogP contribution is -2.44. The highest BCUT2D eigenvalue weighted by Gasteiger charge is 2.38. The molecule has 0 spiro atoms. The summed E-state index contributed by atoms with van der Waals surface area (Å²) in [5.41, 5.74) is 1.69. The molecule has 0 aliphatic carbocycles. The van der Waals surface area contributed by atoms with Crippen molar-refractivity contribution in [3.63, 3.8) is 0 Å². The summed E-state index contributed by atoms with van der Waals surface area (Å²) < 4.78 is 69.8. The number of rotatable bonds is 8. The van der Waals surface area contributed by atoms with Crippen LogP contribution in [0.5, 0.6) is 5.75 Å². The highest BCUT2D eigenvalue weighted by Crippen LogP contribution is 2.30. The minimum absolute atomic E-state index is 0.0643. The largest absolute Gasteiger partial charge is 0.490 e. The van der Waals surface area contributed by atoms with Crippen molar-refractivity contribution < 1.29 is 46.1 Å². The van der Waals surface area contributed by atoms with Gasteiger partial charge in [-0.2, -0.15) is 13.2 Å². The third-order valence-electron chi connectivity index (χ3n) is 6.46. The number of carbonyl (C=O) groups excluding carboxylic acids is 1. The number of halogens is 5. The van der Waals surface area contributed by atoms with E-state index in [1.165, 1.54) is 12.1 Å². The van der Waals surface area contributed by atoms with Crippen molar-refractivity contribution in [3.05, 3.63) is 41.2 Å². The molecular weight excluding hydrogens is 583 g/mol. The third-order valence-corrected chi connectivity index (χ3v) is 6.46. The van der Waals surface area contributed by atoms with E-state index in [2.05, 4.69) is 15.5 Å². The van der Waals surface area contributed by atoms with Gasteiger partial charge in [0.15, 0.2) is 23.2 Å². The van der Waals surface area contributed by atoms with Crippen LogP contribution < -0.4 is 20.3 Å². The average molecular weight is 619 g/mol. The Hall–Kier alpha value is -3.95. The summed E-state index contributed by atoms with van der Waals surface area (Å²) in [4.78, 5) is 35.2. The molecule has 16 heteroatoms. The Labute approximate surface area is 245 Å². The van der Waals surface area contributed by atoms with Crippen molar-refractivity contribution in [1.29, 1.82) is 0 Å². The van der Waals surface area contributed by atoms with Crippen LogP contribution in [0.25, 0.3) is 0 Å². The number of nitrogens with one attached hydrogen (secondary N) is 2. The number of benzene rings is 1. The molecule has 4 rings (SSSR count). The highest BCUT2D eigenvalue weighted by molar-refractivity contribution is 5.74. The van der Waals surface area contributed by atoms with Gasteiger partial charge in [-0.05, 0) is 26.0 Å². The number of ether oxygens (including phenoxy) is 2. The number of aliphatic carboxylic acids is 1. The van der Waals surface area contributed by atoms with Gasteiger partial charge in [0.25, 0.3) is 0 Å². The van der Waals surface area contributed by atoms with Gasteiger partial charge in [0.05, 0.1) is 24.5 Å². The van der Waals surface area contributed by atoms with Crippen molar-refractivity contribution in [2.45, 2.75) is 58.0 Å². The Morgan fingerprint density at radius 3 is 2.37 bits per heavy atom. The summed E-state index contributed by atoms with van der Waals surface area (Å²) >= 11 is 0. The molecule has 2 aliphatic rings. The van der Waals surface area contributed by atoms with Crippen LogP contribution in [0.4, 0.5) is 38.4 Å². The number of piperidine rings is 1. The molecule has 238 valence electrons. The summed E-state index contributed by atoms with van der Waals surface area (Å²) in [6.45, 7) is 7.26. The molecule has 1 saturated heterocycles. The summed E-state index contributed by atoms with van der Waals surface area (Å²) in [6, 6.07) is 3.38. The van der Waals surface area contributed by atoms with Gasteiger partial charge in [-0.25, -0.2) is 28.3 Å². The number of methoxy groups -OCH3 is 1. The van der Waals surface area contributed by atoms with Gasteiger partial charge < -0.3 is 35.0 Å². The number of carbonyl (C=O) groups is 2. The number of aromatic nitrogens is 2. The normalized spacial score (nSPS) is 15.4. The lowest BCUT2D eigenvalue weighted by Gasteiger charge is -2.35. The van der Waals surface area contributed by atoms with Gasteiger partial charge in [-0.1, -0.05) is 0 Å². The van der Waals surface area contributed by atoms with Crippen LogP contribution in [-0.4, -0.2) is 90.2 Å². The molecule has 0 unspecified atom stereocenters. The molecule has 1 aromatic carbocycles. The predicted molar refractivity (Wildman–Crippen MR) is 146 cm³/mol. The molecule has 2 aliphatic heterocycles.